The van der Waals surface area contributed by atoms with Crippen molar-refractivity contribution in [2.75, 3.05) is 0 Å². The molecule has 2 aromatic heterocycles. The topological polar surface area (TPSA) is 42.7 Å². The summed E-state index contributed by atoms with van der Waals surface area (Å²) in [4.78, 5) is 12.9. The lowest BCUT2D eigenvalue weighted by Crippen LogP contribution is -2.45. The quantitative estimate of drug-likeness (QED) is 0.702. The molecule has 0 aliphatic heterocycles. The van der Waals surface area contributed by atoms with Crippen LogP contribution >= 0.6 is 0 Å². The number of rotatable bonds is 5. The fourth-order valence-electron chi connectivity index (χ4n) is 3.26. The van der Waals surface area contributed by atoms with Gasteiger partial charge in [-0.15, -0.1) is 0 Å². The van der Waals surface area contributed by atoms with Crippen molar-refractivity contribution < 1.29 is 9.53 Å². The maximum absolute atomic E-state index is 12.9. The predicted octanol–water partition coefficient (Wildman–Crippen LogP) is 4.87. The standard InChI is InChI=1S/C23H28N2O2/c1-22(2,3)27-18-10-6-9-17(15-18)16-23(4,5)24-21(26)19-11-7-13-25-14-8-12-20(19)25/h6-15H,16H2,1-5H3,(H,24,26). The van der Waals surface area contributed by atoms with E-state index in [0.29, 0.717) is 12.0 Å². The molecule has 0 saturated carbocycles. The number of nitrogens with zero attached hydrogens (tertiary/aromatic N) is 1. The van der Waals surface area contributed by atoms with Crippen LogP contribution in [0, 0.1) is 0 Å². The van der Waals surface area contributed by atoms with Crippen molar-refractivity contribution in [3.8, 4) is 5.75 Å². The molecular formula is C23H28N2O2. The second-order valence-corrected chi connectivity index (χ2v) is 8.60. The molecule has 0 atom stereocenters. The van der Waals surface area contributed by atoms with Gasteiger partial charge in [-0.1, -0.05) is 12.1 Å². The predicted molar refractivity (Wildman–Crippen MR) is 109 cm³/mol. The highest BCUT2D eigenvalue weighted by Gasteiger charge is 2.23. The molecule has 1 amide bonds. The summed E-state index contributed by atoms with van der Waals surface area (Å²) in [6.07, 6.45) is 4.60. The van der Waals surface area contributed by atoms with Gasteiger partial charge in [-0.3, -0.25) is 4.79 Å². The van der Waals surface area contributed by atoms with Crippen LogP contribution in [0.2, 0.25) is 0 Å². The number of ether oxygens (including phenoxy) is 1. The van der Waals surface area contributed by atoms with Gasteiger partial charge in [0, 0.05) is 17.9 Å². The summed E-state index contributed by atoms with van der Waals surface area (Å²) >= 11 is 0. The Morgan fingerprint density at radius 1 is 1.00 bits per heavy atom. The van der Waals surface area contributed by atoms with Crippen molar-refractivity contribution in [2.24, 2.45) is 0 Å². The molecule has 3 rings (SSSR count). The molecule has 1 aromatic carbocycles. The zero-order chi connectivity index (χ0) is 19.7. The van der Waals surface area contributed by atoms with E-state index in [4.69, 9.17) is 4.74 Å². The van der Waals surface area contributed by atoms with E-state index in [1.54, 1.807) is 0 Å². The number of pyridine rings is 1. The van der Waals surface area contributed by atoms with E-state index in [2.05, 4.69) is 11.4 Å². The molecule has 0 unspecified atom stereocenters. The van der Waals surface area contributed by atoms with Gasteiger partial charge in [0.2, 0.25) is 0 Å². The second kappa shape index (κ2) is 7.10. The van der Waals surface area contributed by atoms with Crippen LogP contribution in [-0.2, 0) is 6.42 Å². The number of aromatic nitrogens is 1. The lowest BCUT2D eigenvalue weighted by molar-refractivity contribution is 0.0914. The monoisotopic (exact) mass is 364 g/mol. The minimum Gasteiger partial charge on any atom is -0.488 e. The number of carbonyl (C=O) groups excluding carboxylic acids is 1. The molecule has 2 heterocycles. The van der Waals surface area contributed by atoms with Crippen molar-refractivity contribution in [3.05, 3.63) is 72.1 Å². The third-order valence-electron chi connectivity index (χ3n) is 4.23. The van der Waals surface area contributed by atoms with Crippen LogP contribution < -0.4 is 10.1 Å². The van der Waals surface area contributed by atoms with Gasteiger partial charge >= 0.3 is 0 Å². The minimum atomic E-state index is -0.392. The molecule has 4 nitrogen and oxygen atoms in total. The Labute approximate surface area is 161 Å². The van der Waals surface area contributed by atoms with E-state index in [1.165, 1.54) is 0 Å². The third kappa shape index (κ3) is 4.91. The van der Waals surface area contributed by atoms with Crippen molar-refractivity contribution in [2.45, 2.75) is 52.2 Å². The van der Waals surface area contributed by atoms with Gasteiger partial charge in [-0.05, 0) is 83.0 Å². The number of fused-ring (bicyclic) bond motifs is 1. The van der Waals surface area contributed by atoms with Gasteiger partial charge < -0.3 is 14.5 Å². The van der Waals surface area contributed by atoms with Crippen molar-refractivity contribution >= 4 is 11.4 Å². The first-order valence-electron chi connectivity index (χ1n) is 9.29. The van der Waals surface area contributed by atoms with Crippen LogP contribution in [0.1, 0.15) is 50.5 Å². The lowest BCUT2D eigenvalue weighted by atomic mass is 9.94. The Balaban J connectivity index is 1.74. The smallest absolute Gasteiger partial charge is 0.253 e. The Bertz CT molecular complexity index is 948. The van der Waals surface area contributed by atoms with Crippen LogP contribution in [-0.4, -0.2) is 21.4 Å². The number of nitrogens with one attached hydrogen (secondary N) is 1. The van der Waals surface area contributed by atoms with Gasteiger partial charge in [0.25, 0.3) is 5.91 Å². The lowest BCUT2D eigenvalue weighted by Gasteiger charge is -2.27. The molecule has 0 aliphatic rings. The summed E-state index contributed by atoms with van der Waals surface area (Å²) in [5, 5.41) is 3.18. The fraction of sp³-hybridized carbons (Fsp3) is 0.348. The largest absolute Gasteiger partial charge is 0.488 e. The minimum absolute atomic E-state index is 0.0635. The zero-order valence-electron chi connectivity index (χ0n) is 16.7. The first-order valence-corrected chi connectivity index (χ1v) is 9.29. The van der Waals surface area contributed by atoms with Gasteiger partial charge in [-0.25, -0.2) is 0 Å². The van der Waals surface area contributed by atoms with Crippen molar-refractivity contribution in [1.82, 2.24) is 9.72 Å². The third-order valence-corrected chi connectivity index (χ3v) is 4.23. The van der Waals surface area contributed by atoms with Crippen LogP contribution in [0.3, 0.4) is 0 Å². The zero-order valence-corrected chi connectivity index (χ0v) is 16.7. The molecule has 0 radical (unpaired) electrons. The Morgan fingerprint density at radius 2 is 1.70 bits per heavy atom. The highest BCUT2D eigenvalue weighted by molar-refractivity contribution is 6.01. The molecule has 0 bridgehead atoms. The van der Waals surface area contributed by atoms with E-state index < -0.39 is 5.54 Å². The number of carbonyl (C=O) groups is 1. The summed E-state index contributed by atoms with van der Waals surface area (Å²) in [7, 11) is 0. The first kappa shape index (κ1) is 19.0. The molecule has 142 valence electrons. The number of hydrogen-bond donors (Lipinski definition) is 1. The van der Waals surface area contributed by atoms with Crippen LogP contribution in [0.15, 0.2) is 60.9 Å². The van der Waals surface area contributed by atoms with E-state index in [0.717, 1.165) is 16.8 Å². The molecule has 1 N–H and O–H groups in total. The molecule has 4 heteroatoms. The number of benzene rings is 1. The summed E-state index contributed by atoms with van der Waals surface area (Å²) in [6.45, 7) is 10.2. The molecule has 3 aromatic rings. The maximum atomic E-state index is 12.9. The van der Waals surface area contributed by atoms with Crippen LogP contribution in [0.25, 0.3) is 5.52 Å². The Hall–Kier alpha value is -2.75. The highest BCUT2D eigenvalue weighted by Crippen LogP contribution is 2.22. The molecular weight excluding hydrogens is 336 g/mol. The van der Waals surface area contributed by atoms with E-state index in [9.17, 15) is 4.79 Å². The SMILES string of the molecule is CC(C)(Cc1cccc(OC(C)(C)C)c1)NC(=O)c1cccn2cccc12. The second-order valence-electron chi connectivity index (χ2n) is 8.60. The fourth-order valence-corrected chi connectivity index (χ4v) is 3.26. The summed E-state index contributed by atoms with van der Waals surface area (Å²) < 4.78 is 7.91. The van der Waals surface area contributed by atoms with Crippen molar-refractivity contribution in [3.63, 3.8) is 0 Å². The van der Waals surface area contributed by atoms with Crippen LogP contribution in [0.5, 0.6) is 5.75 Å². The van der Waals surface area contributed by atoms with E-state index in [-0.39, 0.29) is 11.5 Å². The van der Waals surface area contributed by atoms with Gasteiger partial charge in [-0.2, -0.15) is 0 Å². The molecule has 0 fully saturated rings. The average Bonchev–Trinajstić information content (AvgIpc) is 3.00. The molecule has 0 spiro atoms. The van der Waals surface area contributed by atoms with Crippen molar-refractivity contribution in [1.29, 1.82) is 0 Å². The van der Waals surface area contributed by atoms with E-state index in [1.807, 2.05) is 93.9 Å². The first-order chi connectivity index (χ1) is 12.6. The van der Waals surface area contributed by atoms with Gasteiger partial charge in [0.1, 0.15) is 11.4 Å². The molecule has 0 aliphatic carbocycles. The van der Waals surface area contributed by atoms with Crippen LogP contribution in [0.4, 0.5) is 0 Å². The highest BCUT2D eigenvalue weighted by atomic mass is 16.5. The molecule has 0 saturated heterocycles. The average molecular weight is 364 g/mol. The Morgan fingerprint density at radius 3 is 2.41 bits per heavy atom. The number of hydrogen-bond acceptors (Lipinski definition) is 2. The van der Waals surface area contributed by atoms with E-state index >= 15 is 0 Å². The molecule has 27 heavy (non-hydrogen) atoms. The normalized spacial score (nSPS) is 12.2. The number of amides is 1. The van der Waals surface area contributed by atoms with Gasteiger partial charge in [0.05, 0.1) is 11.1 Å². The Kier molecular flexibility index (Phi) is 5.01. The summed E-state index contributed by atoms with van der Waals surface area (Å²) in [5.74, 6) is 0.784. The van der Waals surface area contributed by atoms with Gasteiger partial charge in [0.15, 0.2) is 0 Å². The maximum Gasteiger partial charge on any atom is 0.253 e. The summed E-state index contributed by atoms with van der Waals surface area (Å²) in [6, 6.07) is 15.7. The summed E-state index contributed by atoms with van der Waals surface area (Å²) in [5.41, 5.74) is 2.09.